The molecule has 0 saturated carbocycles. The lowest BCUT2D eigenvalue weighted by atomic mass is 9.87. The summed E-state index contributed by atoms with van der Waals surface area (Å²) in [6, 6.07) is 11.9. The van der Waals surface area contributed by atoms with E-state index in [2.05, 4.69) is 53.4 Å². The van der Waals surface area contributed by atoms with E-state index in [0.717, 1.165) is 16.4 Å². The molecule has 0 aliphatic carbocycles. The summed E-state index contributed by atoms with van der Waals surface area (Å²) in [5.74, 6) is 0.661. The molecule has 2 aromatic heterocycles. The van der Waals surface area contributed by atoms with Gasteiger partial charge in [-0.05, 0) is 41.5 Å². The summed E-state index contributed by atoms with van der Waals surface area (Å²) in [5.41, 5.74) is 2.13. The highest BCUT2D eigenvalue weighted by Crippen LogP contribution is 2.26. The Hall–Kier alpha value is -2.12. The van der Waals surface area contributed by atoms with Gasteiger partial charge < -0.3 is 5.32 Å². The molecule has 5 nitrogen and oxygen atoms in total. The quantitative estimate of drug-likeness (QED) is 0.609. The van der Waals surface area contributed by atoms with Crippen molar-refractivity contribution < 1.29 is 4.79 Å². The van der Waals surface area contributed by atoms with Crippen molar-refractivity contribution in [1.82, 2.24) is 15.2 Å². The largest absolute Gasteiger partial charge is 0.325 e. The van der Waals surface area contributed by atoms with Crippen LogP contribution in [0.1, 0.15) is 33.3 Å². The number of hydrogen-bond donors (Lipinski definition) is 2. The van der Waals surface area contributed by atoms with E-state index in [4.69, 9.17) is 0 Å². The third-order valence-corrected chi connectivity index (χ3v) is 5.73. The highest BCUT2D eigenvalue weighted by atomic mass is 32.2. The van der Waals surface area contributed by atoms with Crippen LogP contribution in [0.3, 0.4) is 0 Å². The van der Waals surface area contributed by atoms with Crippen molar-refractivity contribution in [2.75, 3.05) is 5.32 Å². The van der Waals surface area contributed by atoms with E-state index in [1.54, 1.807) is 11.3 Å². The summed E-state index contributed by atoms with van der Waals surface area (Å²) in [6.45, 7) is 8.35. The van der Waals surface area contributed by atoms with Crippen molar-refractivity contribution in [2.24, 2.45) is 0 Å². The van der Waals surface area contributed by atoms with E-state index < -0.39 is 0 Å². The van der Waals surface area contributed by atoms with Gasteiger partial charge in [0.1, 0.15) is 0 Å². The van der Waals surface area contributed by atoms with Gasteiger partial charge in [0.2, 0.25) is 11.1 Å². The van der Waals surface area contributed by atoms with Crippen molar-refractivity contribution in [3.8, 4) is 10.7 Å². The summed E-state index contributed by atoms with van der Waals surface area (Å²) >= 11 is 2.93. The number of amides is 1. The van der Waals surface area contributed by atoms with Gasteiger partial charge in [-0.25, -0.2) is 4.98 Å². The fourth-order valence-corrected chi connectivity index (χ4v) is 3.72. The Morgan fingerprint density at radius 1 is 1.23 bits per heavy atom. The number of aromatic nitrogens is 3. The molecule has 26 heavy (non-hydrogen) atoms. The predicted octanol–water partition coefficient (Wildman–Crippen LogP) is 4.95. The Bertz CT molecular complexity index is 864. The molecule has 0 spiro atoms. The first-order valence-electron chi connectivity index (χ1n) is 8.37. The molecule has 0 bridgehead atoms. The van der Waals surface area contributed by atoms with Crippen molar-refractivity contribution in [2.45, 2.75) is 43.5 Å². The van der Waals surface area contributed by atoms with Crippen molar-refractivity contribution in [3.05, 3.63) is 47.3 Å². The van der Waals surface area contributed by atoms with Crippen LogP contribution in [0.4, 0.5) is 5.69 Å². The molecule has 0 aliphatic rings. The summed E-state index contributed by atoms with van der Waals surface area (Å²) in [5, 5.41) is 12.3. The molecule has 2 heterocycles. The zero-order valence-electron chi connectivity index (χ0n) is 15.2. The van der Waals surface area contributed by atoms with E-state index in [0.29, 0.717) is 5.16 Å². The summed E-state index contributed by atoms with van der Waals surface area (Å²) < 4.78 is 0. The van der Waals surface area contributed by atoms with Gasteiger partial charge in [0.05, 0.1) is 10.1 Å². The van der Waals surface area contributed by atoms with Crippen LogP contribution < -0.4 is 5.32 Å². The molecular formula is C19H22N4OS2. The Morgan fingerprint density at radius 3 is 2.58 bits per heavy atom. The van der Waals surface area contributed by atoms with E-state index in [1.807, 2.05) is 36.6 Å². The number of rotatable bonds is 5. The van der Waals surface area contributed by atoms with E-state index in [1.165, 1.54) is 17.3 Å². The average Bonchev–Trinajstić information content (AvgIpc) is 3.25. The van der Waals surface area contributed by atoms with Gasteiger partial charge in [-0.1, -0.05) is 50.7 Å². The second kappa shape index (κ2) is 7.63. The monoisotopic (exact) mass is 386 g/mol. The second-order valence-corrected chi connectivity index (χ2v) is 9.28. The number of H-pyrrole nitrogens is 1. The molecule has 1 amide bonds. The van der Waals surface area contributed by atoms with Crippen LogP contribution in [0, 0.1) is 0 Å². The fourth-order valence-electron chi connectivity index (χ4n) is 2.33. The van der Waals surface area contributed by atoms with E-state index >= 15 is 0 Å². The number of carbonyl (C=O) groups excluding carboxylic acids is 1. The second-order valence-electron chi connectivity index (χ2n) is 7.02. The normalized spacial score (nSPS) is 12.8. The zero-order valence-corrected chi connectivity index (χ0v) is 16.9. The van der Waals surface area contributed by atoms with Crippen molar-refractivity contribution >= 4 is 34.7 Å². The smallest absolute Gasteiger partial charge is 0.237 e. The average molecular weight is 387 g/mol. The van der Waals surface area contributed by atoms with Gasteiger partial charge in [0.15, 0.2) is 5.82 Å². The highest BCUT2D eigenvalue weighted by Gasteiger charge is 2.18. The fraction of sp³-hybridized carbons (Fsp3) is 0.316. The minimum absolute atomic E-state index is 0.0685. The van der Waals surface area contributed by atoms with Crippen LogP contribution in [0.2, 0.25) is 0 Å². The van der Waals surface area contributed by atoms with Crippen LogP contribution in [-0.4, -0.2) is 26.3 Å². The molecule has 1 aromatic carbocycles. The molecule has 0 aliphatic heterocycles. The number of thioether (sulfide) groups is 1. The van der Waals surface area contributed by atoms with Crippen LogP contribution in [0.25, 0.3) is 10.7 Å². The molecular weight excluding hydrogens is 364 g/mol. The third kappa shape index (κ3) is 4.53. The van der Waals surface area contributed by atoms with Crippen LogP contribution in [0.5, 0.6) is 0 Å². The standard InChI is InChI=1S/C19H22N4OS2/c1-12(26-18-21-16(22-23-18)15-6-5-11-25-15)17(24)20-14-9-7-13(8-10-14)19(2,3)4/h5-12H,1-4H3,(H,20,24)(H,21,22,23). The van der Waals surface area contributed by atoms with Gasteiger partial charge in [0.25, 0.3) is 0 Å². The molecule has 2 N–H and O–H groups in total. The van der Waals surface area contributed by atoms with Crippen LogP contribution in [-0.2, 0) is 10.2 Å². The number of nitrogens with one attached hydrogen (secondary N) is 2. The lowest BCUT2D eigenvalue weighted by Crippen LogP contribution is -2.22. The summed E-state index contributed by atoms with van der Waals surface area (Å²) in [4.78, 5) is 17.9. The first kappa shape index (κ1) is 18.7. The Labute approximate surface area is 161 Å². The molecule has 0 fully saturated rings. The summed E-state index contributed by atoms with van der Waals surface area (Å²) in [6.07, 6.45) is 0. The molecule has 1 atom stereocenters. The van der Waals surface area contributed by atoms with Crippen LogP contribution >= 0.6 is 23.1 Å². The molecule has 7 heteroatoms. The van der Waals surface area contributed by atoms with E-state index in [9.17, 15) is 4.79 Å². The minimum Gasteiger partial charge on any atom is -0.325 e. The number of anilines is 1. The zero-order chi connectivity index (χ0) is 18.7. The topological polar surface area (TPSA) is 70.7 Å². The van der Waals surface area contributed by atoms with Gasteiger partial charge in [-0.3, -0.25) is 9.89 Å². The summed E-state index contributed by atoms with van der Waals surface area (Å²) in [7, 11) is 0. The maximum atomic E-state index is 12.4. The maximum absolute atomic E-state index is 12.4. The number of carbonyl (C=O) groups is 1. The number of thiophene rings is 1. The molecule has 136 valence electrons. The number of benzene rings is 1. The minimum atomic E-state index is -0.302. The molecule has 3 aromatic rings. The Kier molecular flexibility index (Phi) is 5.48. The number of hydrogen-bond acceptors (Lipinski definition) is 5. The molecule has 3 rings (SSSR count). The third-order valence-electron chi connectivity index (χ3n) is 3.89. The predicted molar refractivity (Wildman–Crippen MR) is 109 cm³/mol. The van der Waals surface area contributed by atoms with Gasteiger partial charge in [-0.2, -0.15) is 0 Å². The molecule has 0 saturated heterocycles. The van der Waals surface area contributed by atoms with Gasteiger partial charge in [0, 0.05) is 5.69 Å². The van der Waals surface area contributed by atoms with Crippen molar-refractivity contribution in [3.63, 3.8) is 0 Å². The lowest BCUT2D eigenvalue weighted by Gasteiger charge is -2.19. The van der Waals surface area contributed by atoms with E-state index in [-0.39, 0.29) is 16.6 Å². The Morgan fingerprint density at radius 2 is 1.96 bits per heavy atom. The van der Waals surface area contributed by atoms with Crippen molar-refractivity contribution in [1.29, 1.82) is 0 Å². The first-order chi connectivity index (χ1) is 12.3. The molecule has 1 unspecified atom stereocenters. The number of aromatic amines is 1. The maximum Gasteiger partial charge on any atom is 0.237 e. The lowest BCUT2D eigenvalue weighted by molar-refractivity contribution is -0.115. The number of nitrogens with zero attached hydrogens (tertiary/aromatic N) is 2. The SMILES string of the molecule is CC(Sc1n[nH]c(-c2cccs2)n1)C(=O)Nc1ccc(C(C)(C)C)cc1. The van der Waals surface area contributed by atoms with Gasteiger partial charge >= 0.3 is 0 Å². The molecule has 0 radical (unpaired) electrons. The highest BCUT2D eigenvalue weighted by molar-refractivity contribution is 8.00. The van der Waals surface area contributed by atoms with Gasteiger partial charge in [-0.15, -0.1) is 16.4 Å². The Balaban J connectivity index is 1.59. The van der Waals surface area contributed by atoms with Crippen LogP contribution in [0.15, 0.2) is 46.9 Å². The first-order valence-corrected chi connectivity index (χ1v) is 10.1.